The molecule has 0 saturated carbocycles. The maximum atomic E-state index is 12.0. The van der Waals surface area contributed by atoms with E-state index >= 15 is 0 Å². The summed E-state index contributed by atoms with van der Waals surface area (Å²) in [6.45, 7) is 0.953. The van der Waals surface area contributed by atoms with Crippen molar-refractivity contribution in [2.75, 3.05) is 33.4 Å². The zero-order valence-corrected chi connectivity index (χ0v) is 12.5. The third-order valence-corrected chi connectivity index (χ3v) is 4.86. The average Bonchev–Trinajstić information content (AvgIpc) is 2.45. The van der Waals surface area contributed by atoms with E-state index in [1.807, 2.05) is 0 Å². The monoisotopic (exact) mass is 310 g/mol. The fraction of sp³-hybridized carbons (Fsp3) is 0.909. The highest BCUT2D eigenvalue weighted by molar-refractivity contribution is 7.87. The summed E-state index contributed by atoms with van der Waals surface area (Å²) in [4.78, 5) is 11.4. The molecule has 20 heavy (non-hydrogen) atoms. The smallest absolute Gasteiger partial charge is 0.308 e. The lowest BCUT2D eigenvalue weighted by molar-refractivity contribution is -0.146. The molecule has 0 amide bonds. The second kappa shape index (κ2) is 6.81. The molecule has 1 aliphatic heterocycles. The van der Waals surface area contributed by atoms with Crippen LogP contribution in [0.4, 0.5) is 0 Å². The molecule has 118 valence electrons. The molecule has 1 rings (SSSR count). The van der Waals surface area contributed by atoms with Crippen molar-refractivity contribution in [2.45, 2.75) is 25.4 Å². The average molecular weight is 310 g/mol. The molecule has 0 aliphatic carbocycles. The molecule has 9 heteroatoms. The minimum Gasteiger partial charge on any atom is -0.469 e. The van der Waals surface area contributed by atoms with Crippen molar-refractivity contribution < 1.29 is 28.2 Å². The Labute approximate surface area is 118 Å². The van der Waals surface area contributed by atoms with E-state index in [2.05, 4.69) is 9.46 Å². The van der Waals surface area contributed by atoms with Crippen molar-refractivity contribution in [1.82, 2.24) is 9.03 Å². The van der Waals surface area contributed by atoms with E-state index < -0.39 is 22.4 Å². The van der Waals surface area contributed by atoms with Gasteiger partial charge in [-0.3, -0.25) is 4.79 Å². The summed E-state index contributed by atoms with van der Waals surface area (Å²) in [5.41, 5.74) is -1.50. The molecule has 1 heterocycles. The fourth-order valence-corrected chi connectivity index (χ4v) is 3.26. The standard InChI is InChI=1S/C11H22N2O6S/c1-11(16,8-14)7-12-20(17,18)13-5-3-9(4-6-13)10(15)19-2/h9,12,14,16H,3-8H2,1-2H3. The van der Waals surface area contributed by atoms with Crippen LogP contribution < -0.4 is 4.72 Å². The molecule has 1 saturated heterocycles. The van der Waals surface area contributed by atoms with E-state index in [0.717, 1.165) is 0 Å². The molecule has 0 spiro atoms. The van der Waals surface area contributed by atoms with Gasteiger partial charge in [0.25, 0.3) is 10.2 Å². The van der Waals surface area contributed by atoms with Crippen LogP contribution in [0, 0.1) is 5.92 Å². The van der Waals surface area contributed by atoms with Crippen LogP contribution in [0.5, 0.6) is 0 Å². The second-order valence-electron chi connectivity index (χ2n) is 5.18. The lowest BCUT2D eigenvalue weighted by Crippen LogP contribution is -2.50. The first-order valence-electron chi connectivity index (χ1n) is 6.37. The minimum absolute atomic E-state index is 0.219. The molecule has 1 unspecified atom stereocenters. The summed E-state index contributed by atoms with van der Waals surface area (Å²) in [7, 11) is -2.41. The number of piperidine rings is 1. The Kier molecular flexibility index (Phi) is 5.90. The second-order valence-corrected chi connectivity index (χ2v) is 6.93. The van der Waals surface area contributed by atoms with Crippen molar-refractivity contribution in [3.63, 3.8) is 0 Å². The third-order valence-electron chi connectivity index (χ3n) is 3.30. The molecular weight excluding hydrogens is 288 g/mol. The Morgan fingerprint density at radius 1 is 1.45 bits per heavy atom. The fourth-order valence-electron chi connectivity index (χ4n) is 1.89. The van der Waals surface area contributed by atoms with E-state index in [1.165, 1.54) is 18.3 Å². The number of esters is 1. The van der Waals surface area contributed by atoms with Crippen molar-refractivity contribution >= 4 is 16.2 Å². The van der Waals surface area contributed by atoms with Crippen LogP contribution in [-0.4, -0.2) is 67.9 Å². The zero-order chi connectivity index (χ0) is 15.4. The van der Waals surface area contributed by atoms with Crippen molar-refractivity contribution in [2.24, 2.45) is 5.92 Å². The number of nitrogens with zero attached hydrogens (tertiary/aromatic N) is 1. The minimum atomic E-state index is -3.72. The number of ether oxygens (including phenoxy) is 1. The lowest BCUT2D eigenvalue weighted by Gasteiger charge is -2.31. The van der Waals surface area contributed by atoms with E-state index in [-0.39, 0.29) is 31.5 Å². The molecule has 0 radical (unpaired) electrons. The molecule has 0 aromatic carbocycles. The van der Waals surface area contributed by atoms with Crippen LogP contribution in [0.15, 0.2) is 0 Å². The predicted octanol–water partition coefficient (Wildman–Crippen LogP) is -1.55. The molecule has 1 aliphatic rings. The van der Waals surface area contributed by atoms with Gasteiger partial charge < -0.3 is 14.9 Å². The van der Waals surface area contributed by atoms with E-state index in [1.54, 1.807) is 0 Å². The van der Waals surface area contributed by atoms with Gasteiger partial charge in [0.2, 0.25) is 0 Å². The van der Waals surface area contributed by atoms with Crippen molar-refractivity contribution in [1.29, 1.82) is 0 Å². The van der Waals surface area contributed by atoms with Crippen LogP contribution >= 0.6 is 0 Å². The summed E-state index contributed by atoms with van der Waals surface area (Å²) in [6, 6.07) is 0. The molecular formula is C11H22N2O6S. The van der Waals surface area contributed by atoms with Crippen molar-refractivity contribution in [3.8, 4) is 0 Å². The quantitative estimate of drug-likeness (QED) is 0.511. The third kappa shape index (κ3) is 4.67. The molecule has 1 fully saturated rings. The maximum absolute atomic E-state index is 12.0. The highest BCUT2D eigenvalue weighted by atomic mass is 32.2. The number of carbonyl (C=O) groups excluding carboxylic acids is 1. The first-order valence-corrected chi connectivity index (χ1v) is 7.81. The van der Waals surface area contributed by atoms with Gasteiger partial charge in [-0.2, -0.15) is 17.4 Å². The van der Waals surface area contributed by atoms with Gasteiger partial charge in [0.1, 0.15) is 0 Å². The number of hydrogen-bond acceptors (Lipinski definition) is 6. The SMILES string of the molecule is COC(=O)C1CCN(S(=O)(=O)NCC(C)(O)CO)CC1. The van der Waals surface area contributed by atoms with Gasteiger partial charge in [-0.1, -0.05) is 0 Å². The Hall–Kier alpha value is -0.740. The number of aliphatic hydroxyl groups is 2. The summed E-state index contributed by atoms with van der Waals surface area (Å²) in [5, 5.41) is 18.4. The number of hydrogen-bond donors (Lipinski definition) is 3. The number of nitrogens with one attached hydrogen (secondary N) is 1. The van der Waals surface area contributed by atoms with E-state index in [0.29, 0.717) is 12.8 Å². The molecule has 0 aromatic rings. The van der Waals surface area contributed by atoms with Gasteiger partial charge in [-0.05, 0) is 19.8 Å². The summed E-state index contributed by atoms with van der Waals surface area (Å²) < 4.78 is 32.1. The normalized spacial score (nSPS) is 21.4. The molecule has 0 aromatic heterocycles. The van der Waals surface area contributed by atoms with Gasteiger partial charge in [0.15, 0.2) is 0 Å². The van der Waals surface area contributed by atoms with Crippen molar-refractivity contribution in [3.05, 3.63) is 0 Å². The zero-order valence-electron chi connectivity index (χ0n) is 11.7. The molecule has 1 atom stereocenters. The highest BCUT2D eigenvalue weighted by Gasteiger charge is 2.32. The summed E-state index contributed by atoms with van der Waals surface area (Å²) >= 11 is 0. The Morgan fingerprint density at radius 3 is 2.45 bits per heavy atom. The first kappa shape index (κ1) is 17.3. The summed E-state index contributed by atoms with van der Waals surface area (Å²) in [6.07, 6.45) is 0.813. The van der Waals surface area contributed by atoms with Gasteiger partial charge >= 0.3 is 5.97 Å². The van der Waals surface area contributed by atoms with Gasteiger partial charge in [-0.15, -0.1) is 0 Å². The topological polar surface area (TPSA) is 116 Å². The first-order chi connectivity index (χ1) is 9.22. The lowest BCUT2D eigenvalue weighted by atomic mass is 9.99. The largest absolute Gasteiger partial charge is 0.469 e. The molecule has 0 bridgehead atoms. The number of methoxy groups -OCH3 is 1. The molecule has 8 nitrogen and oxygen atoms in total. The van der Waals surface area contributed by atoms with Gasteiger partial charge in [-0.25, -0.2) is 0 Å². The van der Waals surface area contributed by atoms with Crippen LogP contribution in [0.1, 0.15) is 19.8 Å². The van der Waals surface area contributed by atoms with Crippen LogP contribution in [-0.2, 0) is 19.7 Å². The van der Waals surface area contributed by atoms with Gasteiger partial charge in [0, 0.05) is 19.6 Å². The highest BCUT2D eigenvalue weighted by Crippen LogP contribution is 2.20. The number of rotatable bonds is 6. The van der Waals surface area contributed by atoms with Crippen LogP contribution in [0.2, 0.25) is 0 Å². The van der Waals surface area contributed by atoms with Crippen LogP contribution in [0.3, 0.4) is 0 Å². The van der Waals surface area contributed by atoms with E-state index in [4.69, 9.17) is 5.11 Å². The number of aliphatic hydroxyl groups excluding tert-OH is 1. The maximum Gasteiger partial charge on any atom is 0.308 e. The van der Waals surface area contributed by atoms with Gasteiger partial charge in [0.05, 0.1) is 25.2 Å². The molecule has 3 N–H and O–H groups in total. The van der Waals surface area contributed by atoms with E-state index in [9.17, 15) is 18.3 Å². The Bertz CT molecular complexity index is 428. The summed E-state index contributed by atoms with van der Waals surface area (Å²) in [5.74, 6) is -0.592. The predicted molar refractivity (Wildman–Crippen MR) is 70.9 cm³/mol. The van der Waals surface area contributed by atoms with Crippen LogP contribution in [0.25, 0.3) is 0 Å². The Morgan fingerprint density at radius 2 is 2.00 bits per heavy atom. The Balaban J connectivity index is 2.53. The number of carbonyl (C=O) groups is 1.